The molecule has 0 fully saturated rings. The molecule has 2 aromatic carbocycles. The first kappa shape index (κ1) is 26.7. The van der Waals surface area contributed by atoms with Gasteiger partial charge in [-0.25, -0.2) is 13.2 Å². The number of carbonyl (C=O) groups excluding carboxylic acids is 2. The number of nitrogens with one attached hydrogen (secondary N) is 1. The normalized spacial score (nSPS) is 21.2. The number of hydrogen-bond donors (Lipinski definition) is 1. The number of allylic oxidation sites excluding steroid dienone is 2. The molecule has 2 aliphatic heterocycles. The van der Waals surface area contributed by atoms with Crippen molar-refractivity contribution in [3.05, 3.63) is 101 Å². The summed E-state index contributed by atoms with van der Waals surface area (Å²) in [4.78, 5) is 34.5. The van der Waals surface area contributed by atoms with Crippen LogP contribution < -0.4 is 5.32 Å². The zero-order valence-corrected chi connectivity index (χ0v) is 22.9. The summed E-state index contributed by atoms with van der Waals surface area (Å²) in [7, 11) is -1.82. The number of benzene rings is 2. The van der Waals surface area contributed by atoms with Crippen LogP contribution in [-0.4, -0.2) is 55.9 Å². The maximum Gasteiger partial charge on any atom is 0.330 e. The smallest absolute Gasteiger partial charge is 0.330 e. The van der Waals surface area contributed by atoms with E-state index in [1.54, 1.807) is 48.4 Å². The van der Waals surface area contributed by atoms with Crippen molar-refractivity contribution in [2.24, 2.45) is 4.99 Å². The summed E-state index contributed by atoms with van der Waals surface area (Å²) in [6.07, 6.45) is 9.33. The van der Waals surface area contributed by atoms with Gasteiger partial charge < -0.3 is 10.1 Å². The Morgan fingerprint density at radius 2 is 1.79 bits per heavy atom. The molecule has 2 aromatic rings. The molecule has 0 saturated heterocycles. The van der Waals surface area contributed by atoms with Crippen LogP contribution in [0, 0.1) is 0 Å². The molecule has 39 heavy (non-hydrogen) atoms. The highest BCUT2D eigenvalue weighted by Gasteiger charge is 2.45. The molecule has 2 unspecified atom stereocenters. The third kappa shape index (κ3) is 5.35. The molecule has 1 aliphatic carbocycles. The zero-order chi connectivity index (χ0) is 27.7. The number of aliphatic imine (C=N–C) groups is 1. The van der Waals surface area contributed by atoms with Crippen molar-refractivity contribution in [3.8, 4) is 0 Å². The average molecular weight is 567 g/mol. The Balaban J connectivity index is 1.69. The average Bonchev–Trinajstić information content (AvgIpc) is 3.33. The minimum atomic E-state index is -3.39. The quantitative estimate of drug-likeness (QED) is 0.573. The van der Waals surface area contributed by atoms with E-state index in [4.69, 9.17) is 21.3 Å². The molecule has 0 bridgehead atoms. The molecule has 3 aliphatic rings. The second kappa shape index (κ2) is 10.7. The molecule has 3 amide bonds. The van der Waals surface area contributed by atoms with E-state index in [0.29, 0.717) is 23.0 Å². The molecule has 2 atom stereocenters. The van der Waals surface area contributed by atoms with Crippen molar-refractivity contribution in [1.29, 1.82) is 0 Å². The van der Waals surface area contributed by atoms with Gasteiger partial charge in [-0.15, -0.1) is 0 Å². The molecule has 2 heterocycles. The largest absolute Gasteiger partial charge is 0.496 e. The minimum absolute atomic E-state index is 0.143. The van der Waals surface area contributed by atoms with Gasteiger partial charge in [0.25, 0.3) is 0 Å². The van der Waals surface area contributed by atoms with Gasteiger partial charge in [0.1, 0.15) is 24.2 Å². The number of urea groups is 1. The van der Waals surface area contributed by atoms with Crippen LogP contribution in [0.3, 0.4) is 0 Å². The minimum Gasteiger partial charge on any atom is -0.496 e. The maximum absolute atomic E-state index is 14.2. The number of sulfone groups is 1. The number of methoxy groups -OCH3 is 1. The Labute approximate surface area is 232 Å². The third-order valence-electron chi connectivity index (χ3n) is 6.81. The van der Waals surface area contributed by atoms with Gasteiger partial charge in [0.05, 0.1) is 18.0 Å². The van der Waals surface area contributed by atoms with Crippen molar-refractivity contribution in [1.82, 2.24) is 15.1 Å². The van der Waals surface area contributed by atoms with E-state index >= 15 is 0 Å². The molecule has 0 saturated carbocycles. The molecule has 0 radical (unpaired) electrons. The Hall–Kier alpha value is -3.89. The number of ether oxygens (including phenoxy) is 1. The molecule has 202 valence electrons. The molecule has 5 rings (SSSR count). The van der Waals surface area contributed by atoms with Gasteiger partial charge in [0.2, 0.25) is 5.91 Å². The van der Waals surface area contributed by atoms with Gasteiger partial charge in [-0.2, -0.15) is 0 Å². The third-order valence-corrected chi connectivity index (χ3v) is 8.19. The van der Waals surface area contributed by atoms with E-state index < -0.39 is 28.0 Å². The number of nitrogens with zero attached hydrogens (tertiary/aromatic N) is 3. The SMILES string of the molecule is COC1=C(C2=NC(c3ccc(S(C)(=O)=O)cc3)C(c3ccc(Cl)cc3)N2C(=O)N2C=CNC(=O)C2)CCC=C1. The van der Waals surface area contributed by atoms with Crippen LogP contribution in [0.5, 0.6) is 0 Å². The fraction of sp³-hybridized carbons (Fsp3) is 0.250. The van der Waals surface area contributed by atoms with Crippen LogP contribution in [0.2, 0.25) is 5.02 Å². The van der Waals surface area contributed by atoms with Crippen molar-refractivity contribution in [2.45, 2.75) is 29.8 Å². The lowest BCUT2D eigenvalue weighted by molar-refractivity contribution is -0.120. The lowest BCUT2D eigenvalue weighted by atomic mass is 9.93. The number of rotatable bonds is 5. The lowest BCUT2D eigenvalue weighted by Crippen LogP contribution is -2.49. The summed E-state index contributed by atoms with van der Waals surface area (Å²) in [6.45, 7) is -0.143. The number of hydrogen-bond acceptors (Lipinski definition) is 6. The molecule has 0 aromatic heterocycles. The predicted molar refractivity (Wildman–Crippen MR) is 148 cm³/mol. The first-order valence-electron chi connectivity index (χ1n) is 12.3. The van der Waals surface area contributed by atoms with Gasteiger partial charge in [0.15, 0.2) is 9.84 Å². The summed E-state index contributed by atoms with van der Waals surface area (Å²) < 4.78 is 29.8. The van der Waals surface area contributed by atoms with Gasteiger partial charge in [-0.1, -0.05) is 41.9 Å². The second-order valence-electron chi connectivity index (χ2n) is 9.39. The summed E-state index contributed by atoms with van der Waals surface area (Å²) in [5.41, 5.74) is 2.28. The van der Waals surface area contributed by atoms with Crippen LogP contribution in [0.4, 0.5) is 4.79 Å². The Bertz CT molecular complexity index is 1530. The van der Waals surface area contributed by atoms with E-state index in [-0.39, 0.29) is 17.3 Å². The number of amidine groups is 1. The van der Waals surface area contributed by atoms with E-state index in [0.717, 1.165) is 29.4 Å². The summed E-state index contributed by atoms with van der Waals surface area (Å²) >= 11 is 6.20. The molecule has 9 nitrogen and oxygen atoms in total. The maximum atomic E-state index is 14.2. The summed E-state index contributed by atoms with van der Waals surface area (Å²) in [6, 6.07) is 12.1. The van der Waals surface area contributed by atoms with Crippen molar-refractivity contribution < 1.29 is 22.7 Å². The van der Waals surface area contributed by atoms with Crippen LogP contribution >= 0.6 is 11.6 Å². The van der Waals surface area contributed by atoms with E-state index in [9.17, 15) is 18.0 Å². The topological polar surface area (TPSA) is 108 Å². The molecule has 1 N–H and O–H groups in total. The van der Waals surface area contributed by atoms with Crippen LogP contribution in [0.1, 0.15) is 36.1 Å². The van der Waals surface area contributed by atoms with E-state index in [2.05, 4.69) is 5.32 Å². The van der Waals surface area contributed by atoms with Crippen molar-refractivity contribution in [3.63, 3.8) is 0 Å². The Morgan fingerprint density at radius 1 is 1.10 bits per heavy atom. The van der Waals surface area contributed by atoms with Crippen molar-refractivity contribution >= 4 is 39.2 Å². The van der Waals surface area contributed by atoms with Gasteiger partial charge in [0, 0.05) is 29.3 Å². The number of halogens is 1. The fourth-order valence-electron chi connectivity index (χ4n) is 4.93. The number of amides is 3. The van der Waals surface area contributed by atoms with Gasteiger partial charge in [-0.05, 0) is 54.3 Å². The van der Waals surface area contributed by atoms with Crippen LogP contribution in [0.25, 0.3) is 0 Å². The van der Waals surface area contributed by atoms with E-state index in [1.807, 2.05) is 24.3 Å². The van der Waals surface area contributed by atoms with Crippen LogP contribution in [0.15, 0.2) is 94.3 Å². The molecular weight excluding hydrogens is 540 g/mol. The molecular formula is C28H27ClN4O5S. The standard InChI is InChI=1S/C28H27ClN4O5S/c1-38-23-6-4-3-5-22(23)27-31-25(18-9-13-21(14-10-18)39(2,36)37)26(19-7-11-20(29)12-8-19)33(27)28(35)32-16-15-30-24(34)17-32/h4,6-16,25-26H,3,5,17H2,1-2H3,(H,30,34). The van der Waals surface area contributed by atoms with E-state index in [1.165, 1.54) is 17.3 Å². The first-order chi connectivity index (χ1) is 18.7. The fourth-order valence-corrected chi connectivity index (χ4v) is 5.69. The lowest BCUT2D eigenvalue weighted by Gasteiger charge is -2.34. The monoisotopic (exact) mass is 566 g/mol. The Morgan fingerprint density at radius 3 is 2.44 bits per heavy atom. The van der Waals surface area contributed by atoms with Crippen LogP contribution in [-0.2, 0) is 19.4 Å². The highest BCUT2D eigenvalue weighted by molar-refractivity contribution is 7.90. The number of carbonyl (C=O) groups is 2. The highest BCUT2D eigenvalue weighted by atomic mass is 35.5. The van der Waals surface area contributed by atoms with Gasteiger partial charge in [-0.3, -0.25) is 19.6 Å². The molecule has 0 spiro atoms. The van der Waals surface area contributed by atoms with Crippen molar-refractivity contribution in [2.75, 3.05) is 19.9 Å². The predicted octanol–water partition coefficient (Wildman–Crippen LogP) is 4.51. The first-order valence-corrected chi connectivity index (χ1v) is 14.6. The summed E-state index contributed by atoms with van der Waals surface area (Å²) in [5.74, 6) is 0.738. The zero-order valence-electron chi connectivity index (χ0n) is 21.4. The highest BCUT2D eigenvalue weighted by Crippen LogP contribution is 2.45. The Kier molecular flexibility index (Phi) is 7.33. The second-order valence-corrected chi connectivity index (χ2v) is 11.8. The molecule has 11 heteroatoms. The van der Waals surface area contributed by atoms with Gasteiger partial charge >= 0.3 is 6.03 Å². The summed E-state index contributed by atoms with van der Waals surface area (Å²) in [5, 5.41) is 3.13.